The van der Waals surface area contributed by atoms with Gasteiger partial charge in [0.2, 0.25) is 0 Å². The van der Waals surface area contributed by atoms with Gasteiger partial charge in [0.05, 0.1) is 0 Å². The number of para-hydroxylation sites is 1. The molecule has 140 valence electrons. The van der Waals surface area contributed by atoms with E-state index >= 15 is 0 Å². The smallest absolute Gasteiger partial charge is 0.267 e. The Morgan fingerprint density at radius 3 is 2.48 bits per heavy atom. The van der Waals surface area contributed by atoms with Crippen molar-refractivity contribution in [2.24, 2.45) is 0 Å². The first-order valence-electron chi connectivity index (χ1n) is 8.69. The molecule has 3 rings (SSSR count). The van der Waals surface area contributed by atoms with E-state index in [9.17, 15) is 9.59 Å². The Bertz CT molecular complexity index is 858. The summed E-state index contributed by atoms with van der Waals surface area (Å²) in [5, 5.41) is 8.62. The molecule has 0 spiro atoms. The quantitative estimate of drug-likeness (QED) is 0.331. The van der Waals surface area contributed by atoms with Crippen LogP contribution in [0.15, 0.2) is 54.6 Å². The monoisotopic (exact) mass is 366 g/mol. The molecule has 27 heavy (non-hydrogen) atoms. The molecule has 1 aliphatic rings. The summed E-state index contributed by atoms with van der Waals surface area (Å²) in [7, 11) is 0. The van der Waals surface area contributed by atoms with Crippen molar-refractivity contribution in [2.75, 3.05) is 36.8 Å². The van der Waals surface area contributed by atoms with Crippen LogP contribution in [0.25, 0.3) is 6.08 Å². The first-order valence-corrected chi connectivity index (χ1v) is 8.69. The maximum atomic E-state index is 12.6. The van der Waals surface area contributed by atoms with Gasteiger partial charge in [-0.2, -0.15) is 0 Å². The summed E-state index contributed by atoms with van der Waals surface area (Å²) in [5.74, 6) is -0.600. The number of nitrogens with two attached hydrogens (primary N) is 1. The molecular weight excluding hydrogens is 344 g/mol. The van der Waals surface area contributed by atoms with E-state index in [1.165, 1.54) is 6.08 Å². The van der Waals surface area contributed by atoms with Gasteiger partial charge >= 0.3 is 0 Å². The Morgan fingerprint density at radius 2 is 1.78 bits per heavy atom. The number of hydrogen-bond donors (Lipinski definition) is 3. The number of anilines is 2. The predicted molar refractivity (Wildman–Crippen MR) is 104 cm³/mol. The number of nitrogen functional groups attached to an aromatic ring is 1. The van der Waals surface area contributed by atoms with Crippen molar-refractivity contribution < 1.29 is 14.8 Å². The highest BCUT2D eigenvalue weighted by Gasteiger charge is 2.23. The Labute approximate surface area is 157 Å². The minimum atomic E-state index is -0.581. The van der Waals surface area contributed by atoms with Crippen molar-refractivity contribution in [3.63, 3.8) is 0 Å². The zero-order valence-electron chi connectivity index (χ0n) is 14.8. The maximum Gasteiger partial charge on any atom is 0.267 e. The molecule has 0 radical (unpaired) electrons. The summed E-state index contributed by atoms with van der Waals surface area (Å²) in [4.78, 5) is 27.9. The zero-order valence-corrected chi connectivity index (χ0v) is 14.8. The molecule has 4 N–H and O–H groups in total. The highest BCUT2D eigenvalue weighted by Crippen LogP contribution is 2.23. The molecule has 0 unspecified atom stereocenters. The van der Waals surface area contributed by atoms with Gasteiger partial charge in [-0.25, -0.2) is 5.48 Å². The number of nitrogens with zero attached hydrogens (tertiary/aromatic N) is 2. The number of nitrogens with one attached hydrogen (secondary N) is 1. The van der Waals surface area contributed by atoms with E-state index in [1.54, 1.807) is 35.8 Å². The van der Waals surface area contributed by atoms with Crippen LogP contribution >= 0.6 is 0 Å². The Balaban J connectivity index is 1.68. The van der Waals surface area contributed by atoms with E-state index in [4.69, 9.17) is 10.9 Å². The van der Waals surface area contributed by atoms with E-state index in [-0.39, 0.29) is 5.91 Å². The Hall–Kier alpha value is -3.32. The van der Waals surface area contributed by atoms with Gasteiger partial charge in [-0.15, -0.1) is 0 Å². The normalized spacial score (nSPS) is 14.4. The first kappa shape index (κ1) is 18.5. The van der Waals surface area contributed by atoms with Gasteiger partial charge in [-0.05, 0) is 35.9 Å². The van der Waals surface area contributed by atoms with Crippen molar-refractivity contribution in [2.45, 2.75) is 0 Å². The average molecular weight is 366 g/mol. The minimum Gasteiger partial charge on any atom is -0.399 e. The van der Waals surface area contributed by atoms with Crippen LogP contribution in [0.5, 0.6) is 0 Å². The molecule has 2 aromatic rings. The third-order valence-corrected chi connectivity index (χ3v) is 4.50. The highest BCUT2D eigenvalue weighted by molar-refractivity contribution is 5.95. The molecule has 0 aromatic heterocycles. The van der Waals surface area contributed by atoms with Gasteiger partial charge in [0.1, 0.15) is 0 Å². The van der Waals surface area contributed by atoms with Gasteiger partial charge in [-0.1, -0.05) is 24.3 Å². The first-order chi connectivity index (χ1) is 13.1. The lowest BCUT2D eigenvalue weighted by Crippen LogP contribution is -2.49. The number of carbonyl (C=O) groups excluding carboxylic acids is 2. The number of piperazine rings is 1. The average Bonchev–Trinajstić information content (AvgIpc) is 2.72. The molecule has 0 bridgehead atoms. The van der Waals surface area contributed by atoms with E-state index in [0.29, 0.717) is 37.4 Å². The summed E-state index contributed by atoms with van der Waals surface area (Å²) < 4.78 is 0. The lowest BCUT2D eigenvalue weighted by molar-refractivity contribution is -0.124. The largest absolute Gasteiger partial charge is 0.399 e. The van der Waals surface area contributed by atoms with Crippen molar-refractivity contribution in [1.29, 1.82) is 0 Å². The van der Waals surface area contributed by atoms with Gasteiger partial charge < -0.3 is 15.5 Å². The number of rotatable bonds is 4. The van der Waals surface area contributed by atoms with E-state index in [2.05, 4.69) is 4.90 Å². The molecule has 1 fully saturated rings. The van der Waals surface area contributed by atoms with Crippen LogP contribution in [-0.4, -0.2) is 48.1 Å². The molecule has 1 saturated heterocycles. The summed E-state index contributed by atoms with van der Waals surface area (Å²) in [5.41, 5.74) is 10.4. The second-order valence-corrected chi connectivity index (χ2v) is 6.27. The van der Waals surface area contributed by atoms with Gasteiger partial charge in [0, 0.05) is 49.2 Å². The van der Waals surface area contributed by atoms with Crippen molar-refractivity contribution in [3.05, 3.63) is 65.7 Å². The van der Waals surface area contributed by atoms with Crippen LogP contribution in [-0.2, 0) is 4.79 Å². The number of amides is 2. The lowest BCUT2D eigenvalue weighted by Gasteiger charge is -2.37. The standard InChI is InChI=1S/C20H22N4O3/c21-17-6-3-5-16(14-17)20(26)24-12-10-23(11-13-24)18-7-2-1-4-15(18)8-9-19(25)22-27/h1-9,14,27H,10-13,21H2,(H,22,25)/b9-8+. The van der Waals surface area contributed by atoms with E-state index in [0.717, 1.165) is 11.3 Å². The van der Waals surface area contributed by atoms with Gasteiger partial charge in [0.15, 0.2) is 0 Å². The second-order valence-electron chi connectivity index (χ2n) is 6.27. The van der Waals surface area contributed by atoms with Gasteiger partial charge in [0.25, 0.3) is 11.8 Å². The molecule has 0 atom stereocenters. The zero-order chi connectivity index (χ0) is 19.2. The van der Waals surface area contributed by atoms with Crippen LogP contribution in [0.2, 0.25) is 0 Å². The van der Waals surface area contributed by atoms with Crippen LogP contribution in [0.3, 0.4) is 0 Å². The molecule has 1 heterocycles. The van der Waals surface area contributed by atoms with Gasteiger partial charge in [-0.3, -0.25) is 14.8 Å². The number of carbonyl (C=O) groups is 2. The minimum absolute atomic E-state index is 0.0188. The topological polar surface area (TPSA) is 98.9 Å². The fourth-order valence-corrected chi connectivity index (χ4v) is 3.12. The summed E-state index contributed by atoms with van der Waals surface area (Å²) in [6, 6.07) is 14.7. The highest BCUT2D eigenvalue weighted by atomic mass is 16.5. The maximum absolute atomic E-state index is 12.6. The summed E-state index contributed by atoms with van der Waals surface area (Å²) in [6.07, 6.45) is 2.93. The third kappa shape index (κ3) is 4.45. The molecule has 0 saturated carbocycles. The molecule has 2 aromatic carbocycles. The van der Waals surface area contributed by atoms with Crippen LogP contribution in [0.1, 0.15) is 15.9 Å². The molecule has 1 aliphatic heterocycles. The summed E-state index contributed by atoms with van der Waals surface area (Å²) in [6.45, 7) is 2.57. The molecular formula is C20H22N4O3. The third-order valence-electron chi connectivity index (χ3n) is 4.50. The van der Waals surface area contributed by atoms with Crippen LogP contribution in [0, 0.1) is 0 Å². The summed E-state index contributed by atoms with van der Waals surface area (Å²) >= 11 is 0. The van der Waals surface area contributed by atoms with Crippen molar-refractivity contribution in [1.82, 2.24) is 10.4 Å². The number of hydrogen-bond acceptors (Lipinski definition) is 5. The van der Waals surface area contributed by atoms with Crippen molar-refractivity contribution >= 4 is 29.3 Å². The number of hydroxylamine groups is 1. The van der Waals surface area contributed by atoms with E-state index in [1.807, 2.05) is 29.2 Å². The fourth-order valence-electron chi connectivity index (χ4n) is 3.12. The van der Waals surface area contributed by atoms with Crippen molar-refractivity contribution in [3.8, 4) is 0 Å². The molecule has 7 heteroatoms. The fraction of sp³-hybridized carbons (Fsp3) is 0.200. The van der Waals surface area contributed by atoms with E-state index < -0.39 is 5.91 Å². The van der Waals surface area contributed by atoms with Crippen LogP contribution in [0.4, 0.5) is 11.4 Å². The molecule has 2 amide bonds. The Kier molecular flexibility index (Phi) is 5.73. The Morgan fingerprint density at radius 1 is 1.04 bits per heavy atom. The molecule has 7 nitrogen and oxygen atoms in total. The second kappa shape index (κ2) is 8.37. The number of benzene rings is 2. The van der Waals surface area contributed by atoms with Crippen LogP contribution < -0.4 is 16.1 Å². The SMILES string of the molecule is Nc1cccc(C(=O)N2CCN(c3ccccc3/C=C/C(=O)NO)CC2)c1. The lowest BCUT2D eigenvalue weighted by atomic mass is 10.1. The molecule has 0 aliphatic carbocycles. The predicted octanol–water partition coefficient (Wildman–Crippen LogP) is 1.75.